The van der Waals surface area contributed by atoms with Crippen LogP contribution in [0.3, 0.4) is 0 Å². The van der Waals surface area contributed by atoms with Crippen molar-refractivity contribution < 1.29 is 32.3 Å². The smallest absolute Gasteiger partial charge is 0.272 e. The van der Waals surface area contributed by atoms with Crippen LogP contribution in [-0.2, 0) is 24.4 Å². The van der Waals surface area contributed by atoms with E-state index in [2.05, 4.69) is 20.0 Å². The SMILES string of the molecule is Cc1cnc(C(=O)N[C@H]2CCCCC3=C(C3)/N=C\[C@H]3[C@@H](C(=O)NS(=O)(=O)C4CC4)CC(=O)N3[C@H](Oc3nc4ccccc4nc3-c3cc4ccccc4s3)CCC2=O)cn1. The quantitative estimate of drug-likeness (QED) is 0.197. The molecule has 4 aliphatic rings. The van der Waals surface area contributed by atoms with Crippen molar-refractivity contribution in [2.24, 2.45) is 10.9 Å². The maximum atomic E-state index is 14.3. The number of rotatable bonds is 8. The van der Waals surface area contributed by atoms with E-state index in [1.54, 1.807) is 19.2 Å². The first-order valence-corrected chi connectivity index (χ1v) is 22.5. The zero-order chi connectivity index (χ0) is 41.5. The van der Waals surface area contributed by atoms with Crippen molar-refractivity contribution in [1.82, 2.24) is 34.9 Å². The molecule has 2 aliphatic carbocycles. The average Bonchev–Trinajstić information content (AvgIpc) is 4.16. The zero-order valence-corrected chi connectivity index (χ0v) is 34.4. The van der Waals surface area contributed by atoms with Gasteiger partial charge in [-0.1, -0.05) is 36.8 Å². The van der Waals surface area contributed by atoms with Crippen molar-refractivity contribution in [2.75, 3.05) is 0 Å². The summed E-state index contributed by atoms with van der Waals surface area (Å²) in [5, 5.41) is 3.23. The van der Waals surface area contributed by atoms with Gasteiger partial charge in [-0.15, -0.1) is 11.3 Å². The fraction of sp³-hybridized carbons (Fsp3) is 0.372. The van der Waals surface area contributed by atoms with Gasteiger partial charge in [-0.3, -0.25) is 38.8 Å². The van der Waals surface area contributed by atoms with E-state index in [0.29, 0.717) is 54.5 Å². The fourth-order valence-corrected chi connectivity index (χ4v) is 10.2. The molecule has 60 heavy (non-hydrogen) atoms. The van der Waals surface area contributed by atoms with Crippen LogP contribution in [0.5, 0.6) is 5.88 Å². The van der Waals surface area contributed by atoms with E-state index >= 15 is 0 Å². The Morgan fingerprint density at radius 3 is 2.47 bits per heavy atom. The number of ketones is 1. The summed E-state index contributed by atoms with van der Waals surface area (Å²) < 4.78 is 36.1. The molecule has 17 heteroatoms. The van der Waals surface area contributed by atoms with Crippen LogP contribution in [0.25, 0.3) is 31.7 Å². The first-order valence-electron chi connectivity index (χ1n) is 20.2. The number of aryl methyl sites for hydroxylation is 1. The van der Waals surface area contributed by atoms with Crippen molar-refractivity contribution in [1.29, 1.82) is 0 Å². The Morgan fingerprint density at radius 2 is 1.70 bits per heavy atom. The van der Waals surface area contributed by atoms with Crippen LogP contribution >= 0.6 is 11.3 Å². The summed E-state index contributed by atoms with van der Waals surface area (Å²) in [6, 6.07) is 15.3. The van der Waals surface area contributed by atoms with Gasteiger partial charge in [0.15, 0.2) is 12.0 Å². The number of nitrogens with zero attached hydrogens (tertiary/aromatic N) is 6. The molecule has 4 atom stereocenters. The van der Waals surface area contributed by atoms with E-state index in [9.17, 15) is 27.6 Å². The molecule has 15 nitrogen and oxygen atoms in total. The molecular formula is C43H42N8O7S2. The Hall–Kier alpha value is -5.94. The Balaban J connectivity index is 1.11. The van der Waals surface area contributed by atoms with Gasteiger partial charge in [-0.25, -0.2) is 23.4 Å². The molecule has 5 aromatic rings. The highest BCUT2D eigenvalue weighted by molar-refractivity contribution is 7.90. The van der Waals surface area contributed by atoms with Gasteiger partial charge in [-0.2, -0.15) is 0 Å². The Bertz CT molecular complexity index is 2680. The van der Waals surface area contributed by atoms with Crippen LogP contribution in [-0.4, -0.2) is 86.5 Å². The minimum atomic E-state index is -3.93. The molecule has 1 saturated carbocycles. The molecule has 9 rings (SSSR count). The third-order valence-corrected chi connectivity index (χ3v) is 14.3. The lowest BCUT2D eigenvalue weighted by Crippen LogP contribution is -2.50. The second kappa shape index (κ2) is 16.3. The second-order valence-electron chi connectivity index (χ2n) is 15.7. The molecule has 0 unspecified atom stereocenters. The van der Waals surface area contributed by atoms with Crippen LogP contribution in [0, 0.1) is 12.8 Å². The Labute approximate surface area is 349 Å². The number of nitrogens with one attached hydrogen (secondary N) is 2. The summed E-state index contributed by atoms with van der Waals surface area (Å²) in [7, 11) is -3.93. The minimum absolute atomic E-state index is 0.0609. The summed E-state index contributed by atoms with van der Waals surface area (Å²) in [5.41, 5.74) is 4.26. The van der Waals surface area contributed by atoms with E-state index < -0.39 is 57.2 Å². The Morgan fingerprint density at radius 1 is 0.917 bits per heavy atom. The lowest BCUT2D eigenvalue weighted by molar-refractivity contribution is -0.137. The lowest BCUT2D eigenvalue weighted by Gasteiger charge is -2.33. The van der Waals surface area contributed by atoms with Gasteiger partial charge in [0.1, 0.15) is 11.4 Å². The molecule has 0 radical (unpaired) electrons. The summed E-state index contributed by atoms with van der Waals surface area (Å²) in [6.07, 6.45) is 6.76. The molecule has 3 amide bonds. The number of hydrogen-bond donors (Lipinski definition) is 2. The largest absolute Gasteiger partial charge is 0.452 e. The molecule has 2 aliphatic heterocycles. The molecule has 2 N–H and O–H groups in total. The van der Waals surface area contributed by atoms with Crippen LogP contribution < -0.4 is 14.8 Å². The number of carbonyl (C=O) groups excluding carboxylic acids is 4. The maximum absolute atomic E-state index is 14.3. The predicted molar refractivity (Wildman–Crippen MR) is 224 cm³/mol. The van der Waals surface area contributed by atoms with Crippen LogP contribution in [0.4, 0.5) is 0 Å². The standard InChI is InChI=1S/C43H42N8O7S2/c1-24-21-45-33(22-44-24)42(55)48-31-12-4-2-8-25-18-32(25)46-23-34-28(41(54)50-60(56,57)27-14-15-27)20-38(53)51(34)39(17-16-35(31)52)58-43-40(47-29-10-5-6-11-30(29)49-43)37-19-26-9-3-7-13-36(26)59-37/h3,5-7,9-11,13,19,21-23,27-28,31,34,39H,2,4,8,12,14-18,20H2,1H3,(H,48,55)(H,50,54)/b46-23-/t28-,31-,34-,39+/m0/s1. The Kier molecular flexibility index (Phi) is 10.7. The number of para-hydroxylation sites is 2. The molecule has 1 saturated heterocycles. The van der Waals surface area contributed by atoms with Gasteiger partial charge in [0.05, 0.1) is 51.1 Å². The molecule has 308 valence electrons. The number of ether oxygens (including phenoxy) is 1. The second-order valence-corrected chi connectivity index (χ2v) is 18.8. The van der Waals surface area contributed by atoms with Gasteiger partial charge in [0, 0.05) is 48.5 Å². The number of carbonyl (C=O) groups is 4. The van der Waals surface area contributed by atoms with Crippen LogP contribution in [0.15, 0.2) is 83.3 Å². The van der Waals surface area contributed by atoms with Crippen LogP contribution in [0.1, 0.15) is 80.4 Å². The molecular weight excluding hydrogens is 805 g/mol. The highest BCUT2D eigenvalue weighted by Gasteiger charge is 2.49. The monoisotopic (exact) mass is 846 g/mol. The number of allylic oxidation sites excluding steroid dienone is 2. The predicted octanol–water partition coefficient (Wildman–Crippen LogP) is 5.59. The van der Waals surface area contributed by atoms with E-state index in [4.69, 9.17) is 19.7 Å². The van der Waals surface area contributed by atoms with Crippen molar-refractivity contribution in [2.45, 2.75) is 94.7 Å². The third kappa shape index (κ3) is 8.41. The molecule has 2 aromatic carbocycles. The first-order chi connectivity index (χ1) is 29.0. The average molecular weight is 847 g/mol. The third-order valence-electron chi connectivity index (χ3n) is 11.3. The van der Waals surface area contributed by atoms with Crippen molar-refractivity contribution >= 4 is 72.2 Å². The van der Waals surface area contributed by atoms with E-state index in [0.717, 1.165) is 39.1 Å². The summed E-state index contributed by atoms with van der Waals surface area (Å²) >= 11 is 1.50. The van der Waals surface area contributed by atoms with Crippen molar-refractivity contribution in [3.63, 3.8) is 0 Å². The number of sulfonamides is 1. The molecule has 2 fully saturated rings. The highest BCUT2D eigenvalue weighted by atomic mass is 32.2. The normalized spacial score (nSPS) is 23.1. The first kappa shape index (κ1) is 39.5. The molecule has 0 spiro atoms. The van der Waals surface area contributed by atoms with Crippen molar-refractivity contribution in [3.8, 4) is 16.5 Å². The fourth-order valence-electron chi connectivity index (χ4n) is 7.81. The maximum Gasteiger partial charge on any atom is 0.272 e. The molecule has 5 heterocycles. The lowest BCUT2D eigenvalue weighted by atomic mass is 9.99. The summed E-state index contributed by atoms with van der Waals surface area (Å²) in [5.74, 6) is -3.11. The molecule has 3 aromatic heterocycles. The van der Waals surface area contributed by atoms with Gasteiger partial charge in [0.2, 0.25) is 27.7 Å². The highest BCUT2D eigenvalue weighted by Crippen LogP contribution is 2.40. The van der Waals surface area contributed by atoms with Crippen LogP contribution in [0.2, 0.25) is 0 Å². The number of amides is 3. The number of aliphatic imine (C=N–C) groups is 1. The molecule has 0 bridgehead atoms. The van der Waals surface area contributed by atoms with Gasteiger partial charge >= 0.3 is 0 Å². The van der Waals surface area contributed by atoms with Gasteiger partial charge in [-0.05, 0) is 74.3 Å². The summed E-state index contributed by atoms with van der Waals surface area (Å²) in [6.45, 7) is 1.76. The zero-order valence-electron chi connectivity index (χ0n) is 32.7. The number of fused-ring (bicyclic) bond motifs is 3. The van der Waals surface area contributed by atoms with E-state index in [1.807, 2.05) is 48.5 Å². The van der Waals surface area contributed by atoms with E-state index in [-0.39, 0.29) is 36.6 Å². The minimum Gasteiger partial charge on any atom is -0.452 e. The van der Waals surface area contributed by atoms with E-state index in [1.165, 1.54) is 28.6 Å². The topological polar surface area (TPSA) is 203 Å². The number of benzene rings is 2. The van der Waals surface area contributed by atoms with Crippen molar-refractivity contribution in [3.05, 3.63) is 89.6 Å². The number of aromatic nitrogens is 4. The number of hydrogen-bond acceptors (Lipinski definition) is 13. The summed E-state index contributed by atoms with van der Waals surface area (Å²) in [4.78, 5) is 81.1. The van der Waals surface area contributed by atoms with Gasteiger partial charge in [0.25, 0.3) is 5.91 Å². The number of thiophene rings is 1. The van der Waals surface area contributed by atoms with Gasteiger partial charge < -0.3 is 10.1 Å². The number of Topliss-reactive ketones (excluding diaryl/α,β-unsaturated/α-hetero) is 1.